The molecule has 6 nitrogen and oxygen atoms in total. The van der Waals surface area contributed by atoms with Crippen molar-refractivity contribution in [2.45, 2.75) is 45.3 Å². The van der Waals surface area contributed by atoms with Crippen LogP contribution in [0.3, 0.4) is 0 Å². The molecule has 0 aliphatic carbocycles. The van der Waals surface area contributed by atoms with Gasteiger partial charge in [0.1, 0.15) is 5.54 Å². The quantitative estimate of drug-likeness (QED) is 0.633. The smallest absolute Gasteiger partial charge is 0.323 e. The van der Waals surface area contributed by atoms with E-state index in [9.17, 15) is 9.90 Å². The van der Waals surface area contributed by atoms with Gasteiger partial charge >= 0.3 is 5.97 Å². The average Bonchev–Trinajstić information content (AvgIpc) is 2.75. The Labute approximate surface area is 107 Å². The van der Waals surface area contributed by atoms with Gasteiger partial charge in [0.05, 0.1) is 19.3 Å². The fourth-order valence-corrected chi connectivity index (χ4v) is 1.79. The number of rotatable bonds is 8. The molecule has 1 atom stereocenters. The summed E-state index contributed by atoms with van der Waals surface area (Å²) in [5, 5.41) is 25.1. The highest BCUT2D eigenvalue weighted by Crippen LogP contribution is 2.13. The average molecular weight is 255 g/mol. The van der Waals surface area contributed by atoms with E-state index >= 15 is 0 Å². The Kier molecular flexibility index (Phi) is 5.30. The molecule has 0 bridgehead atoms. The van der Waals surface area contributed by atoms with E-state index in [0.717, 1.165) is 12.0 Å². The van der Waals surface area contributed by atoms with E-state index in [1.165, 1.54) is 0 Å². The van der Waals surface area contributed by atoms with Crippen LogP contribution in [0.1, 0.15) is 32.3 Å². The molecule has 1 heterocycles. The fourth-order valence-electron chi connectivity index (χ4n) is 1.79. The minimum atomic E-state index is -0.909. The van der Waals surface area contributed by atoms with Gasteiger partial charge in [-0.1, -0.05) is 13.3 Å². The van der Waals surface area contributed by atoms with Crippen LogP contribution in [-0.4, -0.2) is 38.1 Å². The zero-order valence-electron chi connectivity index (χ0n) is 10.9. The van der Waals surface area contributed by atoms with Crippen molar-refractivity contribution in [3.8, 4) is 0 Å². The number of hydrogen-bond donors (Lipinski definition) is 3. The molecule has 1 aromatic rings. The van der Waals surface area contributed by atoms with E-state index in [-0.39, 0.29) is 6.61 Å². The fraction of sp³-hybridized carbons (Fsp3) is 0.667. The monoisotopic (exact) mass is 255 g/mol. The van der Waals surface area contributed by atoms with Crippen molar-refractivity contribution in [3.63, 3.8) is 0 Å². The summed E-state index contributed by atoms with van der Waals surface area (Å²) in [6.45, 7) is 4.59. The Morgan fingerprint density at radius 1 is 1.61 bits per heavy atom. The van der Waals surface area contributed by atoms with Crippen LogP contribution >= 0.6 is 0 Å². The van der Waals surface area contributed by atoms with Gasteiger partial charge in [0.25, 0.3) is 0 Å². The number of aliphatic hydroxyl groups is 1. The van der Waals surface area contributed by atoms with Crippen LogP contribution in [0, 0.1) is 0 Å². The number of nitrogens with one attached hydrogen (secondary N) is 1. The van der Waals surface area contributed by atoms with E-state index in [0.29, 0.717) is 19.5 Å². The van der Waals surface area contributed by atoms with Crippen molar-refractivity contribution in [3.05, 3.63) is 18.0 Å². The molecule has 0 saturated carbocycles. The molecule has 0 aliphatic rings. The number of aromatic nitrogens is 2. The molecule has 0 fully saturated rings. The summed E-state index contributed by atoms with van der Waals surface area (Å²) in [5.41, 5.74) is 0.000385. The van der Waals surface area contributed by atoms with Crippen molar-refractivity contribution in [2.24, 2.45) is 0 Å². The van der Waals surface area contributed by atoms with Crippen LogP contribution in [0.4, 0.5) is 0 Å². The van der Waals surface area contributed by atoms with Crippen LogP contribution in [-0.2, 0) is 17.9 Å². The highest BCUT2D eigenvalue weighted by molar-refractivity contribution is 5.78. The van der Waals surface area contributed by atoms with Crippen LogP contribution < -0.4 is 5.32 Å². The van der Waals surface area contributed by atoms with Crippen molar-refractivity contribution >= 4 is 5.97 Å². The Morgan fingerprint density at radius 2 is 2.33 bits per heavy atom. The van der Waals surface area contributed by atoms with Gasteiger partial charge in [-0.05, 0) is 13.3 Å². The first kappa shape index (κ1) is 14.7. The third-order valence-electron chi connectivity index (χ3n) is 2.92. The molecule has 0 aliphatic heterocycles. The molecule has 18 heavy (non-hydrogen) atoms. The summed E-state index contributed by atoms with van der Waals surface area (Å²) in [7, 11) is 0. The highest BCUT2D eigenvalue weighted by atomic mass is 16.4. The maximum atomic E-state index is 11.2. The van der Waals surface area contributed by atoms with Crippen LogP contribution in [0.2, 0.25) is 0 Å². The molecule has 0 saturated heterocycles. The Morgan fingerprint density at radius 3 is 2.89 bits per heavy atom. The first-order valence-electron chi connectivity index (χ1n) is 6.12. The van der Waals surface area contributed by atoms with Crippen molar-refractivity contribution in [1.29, 1.82) is 0 Å². The zero-order chi connectivity index (χ0) is 13.6. The molecule has 3 N–H and O–H groups in total. The van der Waals surface area contributed by atoms with Crippen LogP contribution in [0.15, 0.2) is 12.4 Å². The second-order valence-electron chi connectivity index (χ2n) is 4.58. The van der Waals surface area contributed by atoms with Gasteiger partial charge in [-0.2, -0.15) is 5.10 Å². The van der Waals surface area contributed by atoms with E-state index in [2.05, 4.69) is 10.4 Å². The standard InChI is InChI=1S/C12H21N3O3/c1-3-4-12(2,11(17)18)13-7-10-8-14-15(9-10)5-6-16/h8-9,13,16H,3-7H2,1-2H3,(H,17,18). The van der Waals surface area contributed by atoms with E-state index in [1.54, 1.807) is 24.0 Å². The van der Waals surface area contributed by atoms with E-state index in [4.69, 9.17) is 5.11 Å². The normalized spacial score (nSPS) is 14.4. The van der Waals surface area contributed by atoms with Gasteiger partial charge in [0.15, 0.2) is 0 Å². The second kappa shape index (κ2) is 6.51. The molecular formula is C12H21N3O3. The van der Waals surface area contributed by atoms with Gasteiger partial charge in [-0.25, -0.2) is 0 Å². The van der Waals surface area contributed by atoms with Crippen molar-refractivity contribution in [1.82, 2.24) is 15.1 Å². The first-order chi connectivity index (χ1) is 8.51. The van der Waals surface area contributed by atoms with Gasteiger partial charge in [-0.3, -0.25) is 14.8 Å². The number of carboxylic acid groups (broad SMARTS) is 1. The minimum Gasteiger partial charge on any atom is -0.480 e. The molecule has 6 heteroatoms. The molecule has 0 spiro atoms. The molecular weight excluding hydrogens is 234 g/mol. The minimum absolute atomic E-state index is 0.0389. The van der Waals surface area contributed by atoms with E-state index in [1.807, 2.05) is 6.92 Å². The molecule has 1 aromatic heterocycles. The second-order valence-corrected chi connectivity index (χ2v) is 4.58. The summed E-state index contributed by atoms with van der Waals surface area (Å²) in [6.07, 6.45) is 4.86. The number of aliphatic hydroxyl groups excluding tert-OH is 1. The summed E-state index contributed by atoms with van der Waals surface area (Å²) in [6, 6.07) is 0. The summed E-state index contributed by atoms with van der Waals surface area (Å²) < 4.78 is 1.63. The van der Waals surface area contributed by atoms with Crippen molar-refractivity contribution in [2.75, 3.05) is 6.61 Å². The predicted octanol–water partition coefficient (Wildman–Crippen LogP) is 0.608. The first-order valence-corrected chi connectivity index (χ1v) is 6.12. The number of hydrogen-bond acceptors (Lipinski definition) is 4. The molecule has 0 aromatic carbocycles. The largest absolute Gasteiger partial charge is 0.480 e. The lowest BCUT2D eigenvalue weighted by molar-refractivity contribution is -0.144. The van der Waals surface area contributed by atoms with Gasteiger partial charge in [-0.15, -0.1) is 0 Å². The third-order valence-corrected chi connectivity index (χ3v) is 2.92. The van der Waals surface area contributed by atoms with Gasteiger partial charge in [0.2, 0.25) is 0 Å². The van der Waals surface area contributed by atoms with Gasteiger partial charge in [0, 0.05) is 18.3 Å². The maximum Gasteiger partial charge on any atom is 0.323 e. The lowest BCUT2D eigenvalue weighted by Gasteiger charge is -2.25. The number of nitrogens with zero attached hydrogens (tertiary/aromatic N) is 2. The lowest BCUT2D eigenvalue weighted by Crippen LogP contribution is -2.48. The topological polar surface area (TPSA) is 87.4 Å². The lowest BCUT2D eigenvalue weighted by atomic mass is 9.96. The molecule has 102 valence electrons. The number of carboxylic acids is 1. The number of carbonyl (C=O) groups is 1. The summed E-state index contributed by atoms with van der Waals surface area (Å²) >= 11 is 0. The Balaban J connectivity index is 2.58. The predicted molar refractivity (Wildman–Crippen MR) is 67.1 cm³/mol. The van der Waals surface area contributed by atoms with Crippen LogP contribution in [0.25, 0.3) is 0 Å². The molecule has 1 unspecified atom stereocenters. The Hall–Kier alpha value is -1.40. The highest BCUT2D eigenvalue weighted by Gasteiger charge is 2.31. The van der Waals surface area contributed by atoms with Gasteiger partial charge < -0.3 is 10.2 Å². The molecule has 0 radical (unpaired) electrons. The Bertz CT molecular complexity index is 392. The zero-order valence-corrected chi connectivity index (χ0v) is 10.9. The van der Waals surface area contributed by atoms with Crippen molar-refractivity contribution < 1.29 is 15.0 Å². The third kappa shape index (κ3) is 3.82. The summed E-state index contributed by atoms with van der Waals surface area (Å²) in [5.74, 6) is -0.841. The maximum absolute atomic E-state index is 11.2. The van der Waals surface area contributed by atoms with E-state index < -0.39 is 11.5 Å². The molecule has 0 amide bonds. The molecule has 1 rings (SSSR count). The van der Waals surface area contributed by atoms with Crippen LogP contribution in [0.5, 0.6) is 0 Å². The SMILES string of the molecule is CCCC(C)(NCc1cnn(CCO)c1)C(=O)O. The number of aliphatic carboxylic acids is 1. The summed E-state index contributed by atoms with van der Waals surface area (Å²) in [4.78, 5) is 11.2.